The Bertz CT molecular complexity index is 326. The van der Waals surface area contributed by atoms with Gasteiger partial charge in [0.2, 0.25) is 0 Å². The van der Waals surface area contributed by atoms with Crippen molar-refractivity contribution >= 4 is 23.2 Å². The van der Waals surface area contributed by atoms with Crippen molar-refractivity contribution in [1.82, 2.24) is 0 Å². The molecule has 0 aromatic heterocycles. The highest BCUT2D eigenvalue weighted by molar-refractivity contribution is 6.34. The van der Waals surface area contributed by atoms with Crippen molar-refractivity contribution in [3.63, 3.8) is 0 Å². The molecular weight excluding hydrogens is 221 g/mol. The fraction of sp³-hybridized carbons (Fsp3) is 0.200. The summed E-state index contributed by atoms with van der Waals surface area (Å²) in [6.07, 6.45) is 3.65. The predicted molar refractivity (Wildman–Crippen MR) is 60.2 cm³/mol. The van der Waals surface area contributed by atoms with Crippen molar-refractivity contribution in [1.29, 1.82) is 0 Å². The average molecular weight is 232 g/mol. The third kappa shape index (κ3) is 3.58. The van der Waals surface area contributed by atoms with E-state index in [0.717, 1.165) is 0 Å². The minimum Gasteiger partial charge on any atom is -0.488 e. The quantitative estimate of drug-likeness (QED) is 0.810. The number of hydrogen-bond donors (Lipinski definition) is 1. The Morgan fingerprint density at radius 2 is 2.07 bits per heavy atom. The van der Waals surface area contributed by atoms with Crippen LogP contribution >= 0.6 is 23.2 Å². The molecule has 1 rings (SSSR count). The highest BCUT2D eigenvalue weighted by Gasteiger charge is 2.00. The van der Waals surface area contributed by atoms with Gasteiger partial charge < -0.3 is 10.5 Å². The number of nitrogens with two attached hydrogens (primary N) is 1. The fourth-order valence-corrected chi connectivity index (χ4v) is 1.22. The maximum absolute atomic E-state index is 5.88. The van der Waals surface area contributed by atoms with Crippen LogP contribution in [0.15, 0.2) is 30.4 Å². The summed E-state index contributed by atoms with van der Waals surface area (Å²) in [7, 11) is 0. The van der Waals surface area contributed by atoms with Crippen molar-refractivity contribution in [2.75, 3.05) is 13.2 Å². The smallest absolute Gasteiger partial charge is 0.139 e. The van der Waals surface area contributed by atoms with Crippen LogP contribution in [-0.2, 0) is 0 Å². The first-order valence-corrected chi connectivity index (χ1v) is 4.92. The maximum atomic E-state index is 5.88. The first-order valence-electron chi connectivity index (χ1n) is 4.17. The summed E-state index contributed by atoms with van der Waals surface area (Å²) in [5.74, 6) is 0.584. The first kappa shape index (κ1) is 11.4. The van der Waals surface area contributed by atoms with E-state index in [1.165, 1.54) is 0 Å². The van der Waals surface area contributed by atoms with E-state index >= 15 is 0 Å². The zero-order chi connectivity index (χ0) is 10.4. The summed E-state index contributed by atoms with van der Waals surface area (Å²) in [6.45, 7) is 0.948. The molecule has 0 radical (unpaired) electrons. The third-order valence-electron chi connectivity index (χ3n) is 1.53. The Balaban J connectivity index is 2.57. The van der Waals surface area contributed by atoms with E-state index in [1.54, 1.807) is 18.2 Å². The number of rotatable bonds is 4. The molecule has 0 bridgehead atoms. The summed E-state index contributed by atoms with van der Waals surface area (Å²) >= 11 is 11.7. The van der Waals surface area contributed by atoms with Gasteiger partial charge in [-0.2, -0.15) is 0 Å². The Morgan fingerprint density at radius 1 is 1.29 bits per heavy atom. The molecular formula is C10H11Cl2NO. The lowest BCUT2D eigenvalue weighted by atomic mass is 10.3. The monoisotopic (exact) mass is 231 g/mol. The highest BCUT2D eigenvalue weighted by Crippen LogP contribution is 2.27. The Labute approximate surface area is 93.3 Å². The van der Waals surface area contributed by atoms with Gasteiger partial charge >= 0.3 is 0 Å². The van der Waals surface area contributed by atoms with Crippen LogP contribution in [0.25, 0.3) is 0 Å². The molecule has 1 aromatic rings. The Hall–Kier alpha value is -0.700. The predicted octanol–water partition coefficient (Wildman–Crippen LogP) is 2.89. The zero-order valence-corrected chi connectivity index (χ0v) is 9.05. The van der Waals surface area contributed by atoms with Gasteiger partial charge in [0.1, 0.15) is 12.4 Å². The van der Waals surface area contributed by atoms with Crippen molar-refractivity contribution in [2.24, 2.45) is 5.73 Å². The lowest BCUT2D eigenvalue weighted by Gasteiger charge is -2.05. The van der Waals surface area contributed by atoms with E-state index in [4.69, 9.17) is 33.7 Å². The molecule has 0 saturated heterocycles. The van der Waals surface area contributed by atoms with Crippen LogP contribution in [0.2, 0.25) is 10.0 Å². The van der Waals surface area contributed by atoms with E-state index in [9.17, 15) is 0 Å². The van der Waals surface area contributed by atoms with Crippen LogP contribution in [0.4, 0.5) is 0 Å². The maximum Gasteiger partial charge on any atom is 0.139 e. The van der Waals surface area contributed by atoms with Gasteiger partial charge in [-0.25, -0.2) is 0 Å². The van der Waals surface area contributed by atoms with Gasteiger partial charge in [-0.3, -0.25) is 0 Å². The molecule has 0 unspecified atom stereocenters. The number of ether oxygens (including phenoxy) is 1. The number of hydrogen-bond acceptors (Lipinski definition) is 2. The van der Waals surface area contributed by atoms with E-state index < -0.39 is 0 Å². The minimum absolute atomic E-state index is 0.442. The van der Waals surface area contributed by atoms with E-state index in [2.05, 4.69) is 0 Å². The molecule has 0 amide bonds. The standard InChI is InChI=1S/C10H11Cl2NO/c11-8-3-4-9(12)10(7-8)14-6-2-1-5-13/h1-4,7H,5-6,13H2. The molecule has 2 N–H and O–H groups in total. The van der Waals surface area contributed by atoms with Crippen LogP contribution in [0.5, 0.6) is 5.75 Å². The van der Waals surface area contributed by atoms with E-state index in [1.807, 2.05) is 12.2 Å². The molecule has 2 nitrogen and oxygen atoms in total. The van der Waals surface area contributed by atoms with Gasteiger partial charge in [-0.15, -0.1) is 0 Å². The molecule has 0 aliphatic heterocycles. The largest absolute Gasteiger partial charge is 0.488 e. The van der Waals surface area contributed by atoms with Crippen LogP contribution in [-0.4, -0.2) is 13.2 Å². The summed E-state index contributed by atoms with van der Waals surface area (Å²) in [5, 5.41) is 1.16. The Kier molecular flexibility index (Phi) is 4.80. The third-order valence-corrected chi connectivity index (χ3v) is 2.08. The summed E-state index contributed by atoms with van der Waals surface area (Å²) in [5.41, 5.74) is 5.27. The highest BCUT2D eigenvalue weighted by atomic mass is 35.5. The number of halogens is 2. The lowest BCUT2D eigenvalue weighted by molar-refractivity contribution is 0.363. The van der Waals surface area contributed by atoms with E-state index in [0.29, 0.717) is 28.9 Å². The lowest BCUT2D eigenvalue weighted by Crippen LogP contribution is -1.97. The summed E-state index contributed by atoms with van der Waals surface area (Å²) in [6, 6.07) is 5.10. The van der Waals surface area contributed by atoms with Crippen LogP contribution in [0.3, 0.4) is 0 Å². The molecule has 0 atom stereocenters. The average Bonchev–Trinajstić information content (AvgIpc) is 2.18. The normalized spacial score (nSPS) is 10.8. The molecule has 14 heavy (non-hydrogen) atoms. The first-order chi connectivity index (χ1) is 6.74. The van der Waals surface area contributed by atoms with Gasteiger partial charge in [0.05, 0.1) is 5.02 Å². The van der Waals surface area contributed by atoms with Crippen LogP contribution in [0.1, 0.15) is 0 Å². The second-order valence-corrected chi connectivity index (χ2v) is 3.44. The van der Waals surface area contributed by atoms with Crippen LogP contribution < -0.4 is 10.5 Å². The topological polar surface area (TPSA) is 35.2 Å². The second-order valence-electron chi connectivity index (χ2n) is 2.59. The molecule has 0 aliphatic rings. The molecule has 0 fully saturated rings. The summed E-state index contributed by atoms with van der Waals surface area (Å²) in [4.78, 5) is 0. The van der Waals surface area contributed by atoms with Crippen molar-refractivity contribution < 1.29 is 4.74 Å². The fourth-order valence-electron chi connectivity index (χ4n) is 0.890. The van der Waals surface area contributed by atoms with Crippen molar-refractivity contribution in [3.8, 4) is 5.75 Å². The van der Waals surface area contributed by atoms with Crippen molar-refractivity contribution in [3.05, 3.63) is 40.4 Å². The van der Waals surface area contributed by atoms with Crippen LogP contribution in [0, 0.1) is 0 Å². The molecule has 0 heterocycles. The zero-order valence-electron chi connectivity index (χ0n) is 7.54. The molecule has 0 spiro atoms. The van der Waals surface area contributed by atoms with E-state index in [-0.39, 0.29) is 0 Å². The van der Waals surface area contributed by atoms with Gasteiger partial charge in [0.25, 0.3) is 0 Å². The second kappa shape index (κ2) is 5.91. The minimum atomic E-state index is 0.442. The molecule has 0 saturated carbocycles. The Morgan fingerprint density at radius 3 is 2.79 bits per heavy atom. The number of benzene rings is 1. The van der Waals surface area contributed by atoms with Gasteiger partial charge in [-0.1, -0.05) is 35.4 Å². The van der Waals surface area contributed by atoms with Gasteiger partial charge in [0, 0.05) is 17.6 Å². The summed E-state index contributed by atoms with van der Waals surface area (Å²) < 4.78 is 5.36. The molecule has 76 valence electrons. The van der Waals surface area contributed by atoms with Gasteiger partial charge in [-0.05, 0) is 12.1 Å². The SMILES string of the molecule is NCC=CCOc1cc(Cl)ccc1Cl. The van der Waals surface area contributed by atoms with Gasteiger partial charge in [0.15, 0.2) is 0 Å². The molecule has 1 aromatic carbocycles. The molecule has 0 aliphatic carbocycles. The molecule has 4 heteroatoms. The van der Waals surface area contributed by atoms with Crippen molar-refractivity contribution in [2.45, 2.75) is 0 Å².